The minimum absolute atomic E-state index is 0.744. The van der Waals surface area contributed by atoms with Gasteiger partial charge >= 0.3 is 0 Å². The van der Waals surface area contributed by atoms with Crippen molar-refractivity contribution < 1.29 is 0 Å². The molecule has 0 bridgehead atoms. The fourth-order valence-corrected chi connectivity index (χ4v) is 3.64. The smallest absolute Gasteiger partial charge is 0.134 e. The first-order valence-corrected chi connectivity index (χ1v) is 8.58. The van der Waals surface area contributed by atoms with Crippen LogP contribution in [0.3, 0.4) is 0 Å². The Morgan fingerprint density at radius 1 is 1.00 bits per heavy atom. The van der Waals surface area contributed by atoms with Crippen LogP contribution in [-0.4, -0.2) is 72.2 Å². The Kier molecular flexibility index (Phi) is 4.84. The summed E-state index contributed by atoms with van der Waals surface area (Å²) in [7, 11) is 0. The zero-order valence-corrected chi connectivity index (χ0v) is 13.1. The lowest BCUT2D eigenvalue weighted by atomic mass is 10.3. The predicted octanol–water partition coefficient (Wildman–Crippen LogP) is 0.785. The summed E-state index contributed by atoms with van der Waals surface area (Å²) in [5.41, 5.74) is 0. The van der Waals surface area contributed by atoms with Gasteiger partial charge in [0.15, 0.2) is 0 Å². The molecule has 2 fully saturated rings. The van der Waals surface area contributed by atoms with Gasteiger partial charge in [-0.15, -0.1) is 6.42 Å². The van der Waals surface area contributed by atoms with E-state index in [1.54, 1.807) is 6.33 Å². The maximum Gasteiger partial charge on any atom is 0.134 e. The van der Waals surface area contributed by atoms with Crippen LogP contribution in [-0.2, 0) is 0 Å². The van der Waals surface area contributed by atoms with Gasteiger partial charge in [0.1, 0.15) is 18.0 Å². The summed E-state index contributed by atoms with van der Waals surface area (Å²) in [6.45, 7) is 6.87. The largest absolute Gasteiger partial charge is 0.355 e. The van der Waals surface area contributed by atoms with Gasteiger partial charge in [-0.1, -0.05) is 5.92 Å². The van der Waals surface area contributed by atoms with Crippen LogP contribution < -0.4 is 9.80 Å². The molecule has 0 amide bonds. The summed E-state index contributed by atoms with van der Waals surface area (Å²) in [5.74, 6) is 7.19. The van der Waals surface area contributed by atoms with Crippen molar-refractivity contribution in [2.75, 3.05) is 67.1 Å². The molecule has 5 nitrogen and oxygen atoms in total. The molecule has 6 heteroatoms. The van der Waals surface area contributed by atoms with E-state index in [0.29, 0.717) is 0 Å². The molecule has 0 aromatic carbocycles. The fourth-order valence-electron chi connectivity index (χ4n) is 2.74. The third kappa shape index (κ3) is 3.60. The predicted molar refractivity (Wildman–Crippen MR) is 89.1 cm³/mol. The van der Waals surface area contributed by atoms with Crippen LogP contribution in [0.25, 0.3) is 0 Å². The monoisotopic (exact) mass is 303 g/mol. The molecular formula is C15H21N5S. The number of nitrogens with zero attached hydrogens (tertiary/aromatic N) is 5. The highest BCUT2D eigenvalue weighted by atomic mass is 32.2. The summed E-state index contributed by atoms with van der Waals surface area (Å²) in [4.78, 5) is 15.9. The second kappa shape index (κ2) is 7.01. The van der Waals surface area contributed by atoms with Crippen LogP contribution in [0.15, 0.2) is 12.4 Å². The first kappa shape index (κ1) is 14.5. The SMILES string of the molecule is C#CCN1CCN(c2cc(N3CCSCC3)ncn2)CC1. The molecule has 2 aliphatic rings. The molecule has 1 aromatic rings. The average Bonchev–Trinajstić information content (AvgIpc) is 2.57. The van der Waals surface area contributed by atoms with Crippen molar-refractivity contribution in [3.63, 3.8) is 0 Å². The lowest BCUT2D eigenvalue weighted by molar-refractivity contribution is 0.287. The molecule has 0 N–H and O–H groups in total. The van der Waals surface area contributed by atoms with Crippen molar-refractivity contribution >= 4 is 23.4 Å². The van der Waals surface area contributed by atoms with Gasteiger partial charge in [-0.3, -0.25) is 4.90 Å². The molecule has 0 unspecified atom stereocenters. The summed E-state index contributed by atoms with van der Waals surface area (Å²) in [6, 6.07) is 2.13. The lowest BCUT2D eigenvalue weighted by Gasteiger charge is -2.35. The lowest BCUT2D eigenvalue weighted by Crippen LogP contribution is -2.46. The van der Waals surface area contributed by atoms with E-state index < -0.39 is 0 Å². The second-order valence-corrected chi connectivity index (χ2v) is 6.53. The van der Waals surface area contributed by atoms with E-state index in [2.05, 4.69) is 36.7 Å². The Morgan fingerprint density at radius 2 is 1.62 bits per heavy atom. The number of terminal acetylenes is 1. The molecular weight excluding hydrogens is 282 g/mol. The van der Waals surface area contributed by atoms with E-state index in [4.69, 9.17) is 6.42 Å². The zero-order valence-electron chi connectivity index (χ0n) is 12.2. The second-order valence-electron chi connectivity index (χ2n) is 5.30. The molecule has 3 rings (SSSR count). The van der Waals surface area contributed by atoms with Crippen molar-refractivity contribution in [1.82, 2.24) is 14.9 Å². The normalized spacial score (nSPS) is 20.3. The summed E-state index contributed by atoms with van der Waals surface area (Å²) in [5, 5.41) is 0. The topological polar surface area (TPSA) is 35.5 Å². The molecule has 21 heavy (non-hydrogen) atoms. The van der Waals surface area contributed by atoms with Crippen molar-refractivity contribution in [2.45, 2.75) is 0 Å². The molecule has 0 saturated carbocycles. The van der Waals surface area contributed by atoms with Gasteiger partial charge in [-0.05, 0) is 0 Å². The van der Waals surface area contributed by atoms with Crippen LogP contribution in [0.1, 0.15) is 0 Å². The molecule has 0 radical (unpaired) electrons. The minimum atomic E-state index is 0.744. The number of piperazine rings is 1. The fraction of sp³-hybridized carbons (Fsp3) is 0.600. The average molecular weight is 303 g/mol. The maximum atomic E-state index is 5.37. The molecule has 0 spiro atoms. The third-order valence-electron chi connectivity index (χ3n) is 3.98. The number of hydrogen-bond donors (Lipinski definition) is 0. The van der Waals surface area contributed by atoms with Gasteiger partial charge in [-0.2, -0.15) is 11.8 Å². The Balaban J connectivity index is 1.65. The van der Waals surface area contributed by atoms with Crippen LogP contribution in [0.4, 0.5) is 11.6 Å². The molecule has 1 aromatic heterocycles. The highest BCUT2D eigenvalue weighted by molar-refractivity contribution is 7.99. The summed E-state index contributed by atoms with van der Waals surface area (Å²) in [6.07, 6.45) is 7.07. The van der Waals surface area contributed by atoms with Crippen LogP contribution in [0.5, 0.6) is 0 Å². The highest BCUT2D eigenvalue weighted by Crippen LogP contribution is 2.21. The van der Waals surface area contributed by atoms with Gasteiger partial charge in [0, 0.05) is 56.8 Å². The number of rotatable bonds is 3. The van der Waals surface area contributed by atoms with Crippen molar-refractivity contribution in [3.05, 3.63) is 12.4 Å². The molecule has 0 atom stereocenters. The number of hydrogen-bond acceptors (Lipinski definition) is 6. The first-order valence-electron chi connectivity index (χ1n) is 7.42. The number of anilines is 2. The molecule has 112 valence electrons. The number of thioether (sulfide) groups is 1. The maximum absolute atomic E-state index is 5.37. The number of aromatic nitrogens is 2. The molecule has 3 heterocycles. The van der Waals surface area contributed by atoms with E-state index in [1.807, 2.05) is 11.8 Å². The van der Waals surface area contributed by atoms with E-state index >= 15 is 0 Å². The van der Waals surface area contributed by atoms with Gasteiger partial charge in [0.05, 0.1) is 6.54 Å². The molecule has 2 saturated heterocycles. The van der Waals surface area contributed by atoms with Gasteiger partial charge in [0.25, 0.3) is 0 Å². The van der Waals surface area contributed by atoms with E-state index in [1.165, 1.54) is 11.5 Å². The third-order valence-corrected chi connectivity index (χ3v) is 4.93. The quantitative estimate of drug-likeness (QED) is 0.768. The Labute approximate surface area is 130 Å². The van der Waals surface area contributed by atoms with E-state index in [-0.39, 0.29) is 0 Å². The standard InChI is InChI=1S/C15H21N5S/c1-2-3-18-4-6-19(7-5-18)14-12-15(17-13-16-14)20-8-10-21-11-9-20/h1,12-13H,3-11H2. The van der Waals surface area contributed by atoms with Crippen molar-refractivity contribution in [1.29, 1.82) is 0 Å². The molecule has 0 aliphatic carbocycles. The molecule has 2 aliphatic heterocycles. The van der Waals surface area contributed by atoms with E-state index in [9.17, 15) is 0 Å². The summed E-state index contributed by atoms with van der Waals surface area (Å²) < 4.78 is 0. The van der Waals surface area contributed by atoms with Crippen molar-refractivity contribution in [3.8, 4) is 12.3 Å². The summed E-state index contributed by atoms with van der Waals surface area (Å²) >= 11 is 2.01. The highest BCUT2D eigenvalue weighted by Gasteiger charge is 2.19. The van der Waals surface area contributed by atoms with Gasteiger partial charge < -0.3 is 9.80 Å². The zero-order chi connectivity index (χ0) is 14.5. The Hall–Kier alpha value is -1.45. The van der Waals surface area contributed by atoms with Crippen LogP contribution in [0, 0.1) is 12.3 Å². The Morgan fingerprint density at radius 3 is 2.24 bits per heavy atom. The first-order chi connectivity index (χ1) is 10.4. The van der Waals surface area contributed by atoms with Crippen LogP contribution >= 0.6 is 11.8 Å². The van der Waals surface area contributed by atoms with Gasteiger partial charge in [0.2, 0.25) is 0 Å². The van der Waals surface area contributed by atoms with Gasteiger partial charge in [-0.25, -0.2) is 9.97 Å². The van der Waals surface area contributed by atoms with E-state index in [0.717, 1.165) is 57.4 Å². The van der Waals surface area contributed by atoms with Crippen LogP contribution in [0.2, 0.25) is 0 Å². The minimum Gasteiger partial charge on any atom is -0.355 e. The Bertz CT molecular complexity index is 501. The van der Waals surface area contributed by atoms with Crippen molar-refractivity contribution in [2.24, 2.45) is 0 Å².